The van der Waals surface area contributed by atoms with E-state index in [9.17, 15) is 0 Å². The summed E-state index contributed by atoms with van der Waals surface area (Å²) in [5.41, 5.74) is 15.0. The molecule has 0 saturated heterocycles. The van der Waals surface area contributed by atoms with Crippen molar-refractivity contribution in [1.29, 1.82) is 0 Å². The van der Waals surface area contributed by atoms with Crippen LogP contribution in [0, 0.1) is 11.8 Å². The molecule has 6 N–H and O–H groups in total. The van der Waals surface area contributed by atoms with Crippen molar-refractivity contribution in [2.45, 2.75) is 116 Å². The smallest absolute Gasteiger partial charge is 0.0331 e. The molecule has 0 bridgehead atoms. The molecule has 0 aromatic rings. The molecule has 2 atom stereocenters. The highest BCUT2D eigenvalue weighted by Gasteiger charge is 2.40. The number of hydrogen-bond donors (Lipinski definition) is 4. The third-order valence-electron chi connectivity index (χ3n) is 6.63. The van der Waals surface area contributed by atoms with Crippen LogP contribution in [0.15, 0.2) is 23.5 Å². The average Bonchev–Trinajstić information content (AvgIpc) is 2.43. The van der Waals surface area contributed by atoms with E-state index < -0.39 is 0 Å². The minimum atomic E-state index is -0.0209. The fourth-order valence-corrected chi connectivity index (χ4v) is 5.88. The highest BCUT2D eigenvalue weighted by molar-refractivity contribution is 5.23. The van der Waals surface area contributed by atoms with Crippen molar-refractivity contribution in [1.82, 2.24) is 10.6 Å². The fraction of sp³-hybridized carbons (Fsp3) is 0.833. The highest BCUT2D eigenvalue weighted by atomic mass is 15.1. The van der Waals surface area contributed by atoms with Gasteiger partial charge in [0.1, 0.15) is 0 Å². The Bertz CT molecular complexity index is 556. The summed E-state index contributed by atoms with van der Waals surface area (Å²) in [7, 11) is 0. The van der Waals surface area contributed by atoms with Crippen molar-refractivity contribution in [3.63, 3.8) is 0 Å². The predicted octanol–water partition coefficient (Wildman–Crippen LogP) is 4.57. The second kappa shape index (κ2) is 8.02. The molecule has 2 heterocycles. The van der Waals surface area contributed by atoms with E-state index in [1.165, 1.54) is 25.7 Å². The van der Waals surface area contributed by atoms with E-state index in [-0.39, 0.29) is 22.2 Å². The molecule has 0 radical (unpaired) electrons. The molecule has 2 aliphatic heterocycles. The Labute approximate surface area is 174 Å². The van der Waals surface area contributed by atoms with Gasteiger partial charge in [-0.1, -0.05) is 25.7 Å². The summed E-state index contributed by atoms with van der Waals surface area (Å²) in [6.07, 6.45) is 11.7. The largest absolute Gasteiger partial charge is 0.402 e. The van der Waals surface area contributed by atoms with E-state index in [0.29, 0.717) is 11.8 Å². The zero-order chi connectivity index (χ0) is 21.4. The van der Waals surface area contributed by atoms with Gasteiger partial charge in [0.2, 0.25) is 0 Å². The topological polar surface area (TPSA) is 76.1 Å². The summed E-state index contributed by atoms with van der Waals surface area (Å²) in [4.78, 5) is 0. The SMILES string of the molecule is CC1(C)C=C(N)C(CCCCCCC2C(N)=CC(C)(C)NC2(C)C)C(C)(C)N1. The van der Waals surface area contributed by atoms with Gasteiger partial charge in [-0.2, -0.15) is 0 Å². The van der Waals surface area contributed by atoms with Crippen LogP contribution in [0.3, 0.4) is 0 Å². The standard InChI is InChI=1S/C24H46N4/c1-21(2)15-19(25)17(23(5,6)27-21)13-11-9-10-12-14-18-20(26)16-22(3,4)28-24(18,7)8/h15-18,27-28H,9-14,25-26H2,1-8H3. The van der Waals surface area contributed by atoms with Gasteiger partial charge in [0.15, 0.2) is 0 Å². The lowest BCUT2D eigenvalue weighted by molar-refractivity contribution is 0.193. The van der Waals surface area contributed by atoms with E-state index in [4.69, 9.17) is 11.5 Å². The maximum absolute atomic E-state index is 6.43. The number of hydrogen-bond acceptors (Lipinski definition) is 4. The van der Waals surface area contributed by atoms with Gasteiger partial charge in [-0.15, -0.1) is 0 Å². The molecule has 4 nitrogen and oxygen atoms in total. The Balaban J connectivity index is 1.78. The summed E-state index contributed by atoms with van der Waals surface area (Å²) in [5.74, 6) is 0.839. The molecule has 162 valence electrons. The molecule has 2 unspecified atom stereocenters. The Kier molecular flexibility index (Phi) is 6.67. The zero-order valence-corrected chi connectivity index (χ0v) is 19.7. The predicted molar refractivity (Wildman–Crippen MR) is 122 cm³/mol. The van der Waals surface area contributed by atoms with Crippen LogP contribution in [0.1, 0.15) is 93.9 Å². The van der Waals surface area contributed by atoms with Crippen LogP contribution >= 0.6 is 0 Å². The van der Waals surface area contributed by atoms with Gasteiger partial charge in [0.25, 0.3) is 0 Å². The molecule has 0 saturated carbocycles. The van der Waals surface area contributed by atoms with E-state index in [0.717, 1.165) is 24.2 Å². The molecule has 0 fully saturated rings. The van der Waals surface area contributed by atoms with Crippen molar-refractivity contribution in [3.05, 3.63) is 23.5 Å². The molecule has 0 amide bonds. The monoisotopic (exact) mass is 390 g/mol. The number of unbranched alkanes of at least 4 members (excludes halogenated alkanes) is 3. The maximum atomic E-state index is 6.43. The Morgan fingerprint density at radius 3 is 1.25 bits per heavy atom. The molecule has 0 aliphatic carbocycles. The lowest BCUT2D eigenvalue weighted by Crippen LogP contribution is -2.59. The second-order valence-corrected chi connectivity index (χ2v) is 11.5. The van der Waals surface area contributed by atoms with Gasteiger partial charge in [-0.05, 0) is 80.4 Å². The molecule has 0 aromatic heterocycles. The first-order valence-corrected chi connectivity index (χ1v) is 11.2. The lowest BCUT2D eigenvalue weighted by atomic mass is 9.74. The van der Waals surface area contributed by atoms with Crippen LogP contribution in [0.5, 0.6) is 0 Å². The Morgan fingerprint density at radius 1 is 0.643 bits per heavy atom. The first kappa shape index (κ1) is 23.3. The highest BCUT2D eigenvalue weighted by Crippen LogP contribution is 2.36. The van der Waals surface area contributed by atoms with Crippen LogP contribution in [0.2, 0.25) is 0 Å². The number of nitrogens with two attached hydrogens (primary N) is 2. The summed E-state index contributed by atoms with van der Waals surface area (Å²) in [6.45, 7) is 17.9. The third kappa shape index (κ3) is 5.76. The third-order valence-corrected chi connectivity index (χ3v) is 6.63. The van der Waals surface area contributed by atoms with Gasteiger partial charge < -0.3 is 22.1 Å². The van der Waals surface area contributed by atoms with Gasteiger partial charge in [0, 0.05) is 45.4 Å². The minimum Gasteiger partial charge on any atom is -0.402 e. The minimum absolute atomic E-state index is 0.0209. The fourth-order valence-electron chi connectivity index (χ4n) is 5.88. The second-order valence-electron chi connectivity index (χ2n) is 11.5. The normalized spacial score (nSPS) is 30.4. The molecule has 0 aromatic carbocycles. The number of nitrogens with one attached hydrogen (secondary N) is 2. The van der Waals surface area contributed by atoms with Crippen molar-refractivity contribution >= 4 is 0 Å². The van der Waals surface area contributed by atoms with E-state index in [2.05, 4.69) is 78.2 Å². The first-order chi connectivity index (χ1) is 12.7. The van der Waals surface area contributed by atoms with Crippen LogP contribution in [-0.4, -0.2) is 22.2 Å². The van der Waals surface area contributed by atoms with E-state index in [1.54, 1.807) is 0 Å². The van der Waals surface area contributed by atoms with Crippen LogP contribution < -0.4 is 22.1 Å². The Hall–Kier alpha value is -1.00. The molecule has 0 spiro atoms. The van der Waals surface area contributed by atoms with E-state index in [1.807, 2.05) is 0 Å². The molecule has 28 heavy (non-hydrogen) atoms. The molecular weight excluding hydrogens is 344 g/mol. The van der Waals surface area contributed by atoms with Crippen molar-refractivity contribution < 1.29 is 0 Å². The molecular formula is C24H46N4. The zero-order valence-electron chi connectivity index (χ0n) is 19.7. The van der Waals surface area contributed by atoms with Crippen molar-refractivity contribution in [2.24, 2.45) is 23.3 Å². The summed E-state index contributed by atoms with van der Waals surface area (Å²) in [6, 6.07) is 0. The van der Waals surface area contributed by atoms with E-state index >= 15 is 0 Å². The molecule has 4 heteroatoms. The summed E-state index contributed by atoms with van der Waals surface area (Å²) in [5, 5.41) is 7.49. The summed E-state index contributed by atoms with van der Waals surface area (Å²) >= 11 is 0. The lowest BCUT2D eigenvalue weighted by Gasteiger charge is -2.46. The number of rotatable bonds is 7. The van der Waals surface area contributed by atoms with Crippen molar-refractivity contribution in [2.75, 3.05) is 0 Å². The maximum Gasteiger partial charge on any atom is 0.0331 e. The quantitative estimate of drug-likeness (QED) is 0.481. The average molecular weight is 391 g/mol. The van der Waals surface area contributed by atoms with Crippen LogP contribution in [0.25, 0.3) is 0 Å². The molecule has 2 aliphatic rings. The Morgan fingerprint density at radius 2 is 0.964 bits per heavy atom. The van der Waals surface area contributed by atoms with Crippen molar-refractivity contribution in [3.8, 4) is 0 Å². The van der Waals surface area contributed by atoms with Crippen LogP contribution in [-0.2, 0) is 0 Å². The molecule has 2 rings (SSSR count). The van der Waals surface area contributed by atoms with Gasteiger partial charge in [-0.25, -0.2) is 0 Å². The van der Waals surface area contributed by atoms with Gasteiger partial charge in [0.05, 0.1) is 0 Å². The summed E-state index contributed by atoms with van der Waals surface area (Å²) < 4.78 is 0. The van der Waals surface area contributed by atoms with Gasteiger partial charge in [-0.3, -0.25) is 0 Å². The van der Waals surface area contributed by atoms with Crippen LogP contribution in [0.4, 0.5) is 0 Å². The first-order valence-electron chi connectivity index (χ1n) is 11.2. The van der Waals surface area contributed by atoms with Gasteiger partial charge >= 0.3 is 0 Å².